The van der Waals surface area contributed by atoms with Crippen LogP contribution < -0.4 is 0 Å². The molecule has 0 bridgehead atoms. The fourth-order valence-electron chi connectivity index (χ4n) is 4.74. The van der Waals surface area contributed by atoms with Crippen molar-refractivity contribution in [3.8, 4) is 0 Å². The van der Waals surface area contributed by atoms with Gasteiger partial charge >= 0.3 is 18.3 Å². The summed E-state index contributed by atoms with van der Waals surface area (Å²) in [4.78, 5) is 24.7. The van der Waals surface area contributed by atoms with Crippen LogP contribution in [0.1, 0.15) is 61.0 Å². The van der Waals surface area contributed by atoms with Crippen molar-refractivity contribution in [2.45, 2.75) is 57.2 Å². The number of carbonyl (C=O) groups is 2. The van der Waals surface area contributed by atoms with E-state index in [2.05, 4.69) is 0 Å². The summed E-state index contributed by atoms with van der Waals surface area (Å²) in [5.41, 5.74) is -2.89. The van der Waals surface area contributed by atoms with Gasteiger partial charge in [-0.1, -0.05) is 12.1 Å². The Morgan fingerprint density at radius 2 is 1.57 bits per heavy atom. The van der Waals surface area contributed by atoms with E-state index in [1.807, 2.05) is 0 Å². The number of alkyl halides is 6. The topological polar surface area (TPSA) is 52.6 Å². The molecular formula is C26H25F7O4. The summed E-state index contributed by atoms with van der Waals surface area (Å²) in [6.07, 6.45) is -11.2. The standard InChI is InChI=1S/C26H25F7O4/c1-3-36-24(35)23-16(13-34)6-9-21(22(23)15-4-7-20(27)8-5-15)37-14(2)17-10-18(25(28,29)30)12-19(11-17)26(31,32)33/h4-5,7-8,10-14,16,21-23H,3,6,9H2,1-2H3/t14?,16-,21+,22-,23-/m1/s1. The van der Waals surface area contributed by atoms with Crippen molar-refractivity contribution < 1.29 is 49.8 Å². The SMILES string of the molecule is CCOC(=O)[C@H]1[C@H](c2ccc(F)cc2)[C@@H](OC(C)c2cc(C(F)(F)F)cc(C(F)(F)F)c2)CC[C@@H]1C=O. The Labute approximate surface area is 208 Å². The fraction of sp³-hybridized carbons (Fsp3) is 0.462. The fourth-order valence-corrected chi connectivity index (χ4v) is 4.74. The molecular weight excluding hydrogens is 509 g/mol. The lowest BCUT2D eigenvalue weighted by Gasteiger charge is -2.41. The van der Waals surface area contributed by atoms with Crippen LogP contribution in [-0.4, -0.2) is 25.0 Å². The molecule has 0 aliphatic heterocycles. The number of esters is 1. The normalized spacial score (nSPS) is 23.4. The molecule has 0 N–H and O–H groups in total. The molecule has 0 spiro atoms. The predicted molar refractivity (Wildman–Crippen MR) is 118 cm³/mol. The monoisotopic (exact) mass is 534 g/mol. The van der Waals surface area contributed by atoms with E-state index in [9.17, 15) is 40.3 Å². The van der Waals surface area contributed by atoms with Gasteiger partial charge in [0.15, 0.2) is 0 Å². The van der Waals surface area contributed by atoms with Crippen molar-refractivity contribution in [2.24, 2.45) is 11.8 Å². The van der Waals surface area contributed by atoms with Crippen LogP contribution in [0, 0.1) is 17.7 Å². The summed E-state index contributed by atoms with van der Waals surface area (Å²) in [5.74, 6) is -3.93. The smallest absolute Gasteiger partial charge is 0.416 e. The molecule has 2 aromatic carbocycles. The minimum absolute atomic E-state index is 0.0173. The van der Waals surface area contributed by atoms with Crippen LogP contribution in [0.5, 0.6) is 0 Å². The lowest BCUT2D eigenvalue weighted by atomic mass is 9.68. The molecule has 202 valence electrons. The van der Waals surface area contributed by atoms with Crippen LogP contribution in [-0.2, 0) is 31.4 Å². The Balaban J connectivity index is 2.03. The second-order valence-corrected chi connectivity index (χ2v) is 8.89. The van der Waals surface area contributed by atoms with Gasteiger partial charge in [0.25, 0.3) is 0 Å². The summed E-state index contributed by atoms with van der Waals surface area (Å²) in [5, 5.41) is 0. The van der Waals surface area contributed by atoms with E-state index in [-0.39, 0.29) is 31.1 Å². The lowest BCUT2D eigenvalue weighted by Crippen LogP contribution is -2.43. The molecule has 1 saturated carbocycles. The van der Waals surface area contributed by atoms with E-state index in [1.165, 1.54) is 19.1 Å². The summed E-state index contributed by atoms with van der Waals surface area (Å²) < 4.78 is 105. The van der Waals surface area contributed by atoms with E-state index in [0.717, 1.165) is 12.1 Å². The maximum Gasteiger partial charge on any atom is 0.416 e. The highest BCUT2D eigenvalue weighted by molar-refractivity contribution is 5.78. The molecule has 37 heavy (non-hydrogen) atoms. The van der Waals surface area contributed by atoms with Gasteiger partial charge in [0.2, 0.25) is 0 Å². The van der Waals surface area contributed by atoms with Crippen LogP contribution in [0.2, 0.25) is 0 Å². The second kappa shape index (κ2) is 11.2. The number of halogens is 7. The quantitative estimate of drug-likeness (QED) is 0.221. The predicted octanol–water partition coefficient (Wildman–Crippen LogP) is 6.88. The van der Waals surface area contributed by atoms with E-state index in [4.69, 9.17) is 9.47 Å². The molecule has 0 aromatic heterocycles. The minimum Gasteiger partial charge on any atom is -0.466 e. The molecule has 1 unspecified atom stereocenters. The molecule has 0 heterocycles. The average Bonchev–Trinajstić information content (AvgIpc) is 2.83. The zero-order chi connectivity index (χ0) is 27.5. The third-order valence-electron chi connectivity index (χ3n) is 6.48. The van der Waals surface area contributed by atoms with Gasteiger partial charge in [-0.05, 0) is 68.1 Å². The zero-order valence-electron chi connectivity index (χ0n) is 19.9. The van der Waals surface area contributed by atoms with Gasteiger partial charge in [0, 0.05) is 11.8 Å². The highest BCUT2D eigenvalue weighted by Gasteiger charge is 2.46. The maximum atomic E-state index is 13.6. The summed E-state index contributed by atoms with van der Waals surface area (Å²) in [7, 11) is 0. The van der Waals surface area contributed by atoms with E-state index in [0.29, 0.717) is 24.0 Å². The molecule has 2 aromatic rings. The van der Waals surface area contributed by atoms with Gasteiger partial charge < -0.3 is 14.3 Å². The molecule has 3 rings (SSSR count). The van der Waals surface area contributed by atoms with Gasteiger partial charge in [-0.25, -0.2) is 4.39 Å². The summed E-state index contributed by atoms with van der Waals surface area (Å²) >= 11 is 0. The largest absolute Gasteiger partial charge is 0.466 e. The highest BCUT2D eigenvalue weighted by Crippen LogP contribution is 2.45. The lowest BCUT2D eigenvalue weighted by molar-refractivity contribution is -0.158. The van der Waals surface area contributed by atoms with Crippen molar-refractivity contribution >= 4 is 12.3 Å². The first-order chi connectivity index (χ1) is 17.3. The van der Waals surface area contributed by atoms with Crippen molar-refractivity contribution in [1.82, 2.24) is 0 Å². The van der Waals surface area contributed by atoms with Crippen LogP contribution in [0.25, 0.3) is 0 Å². The van der Waals surface area contributed by atoms with Gasteiger partial charge in [-0.2, -0.15) is 26.3 Å². The van der Waals surface area contributed by atoms with Crippen molar-refractivity contribution in [3.63, 3.8) is 0 Å². The molecule has 0 radical (unpaired) electrons. The molecule has 5 atom stereocenters. The second-order valence-electron chi connectivity index (χ2n) is 8.89. The molecule has 1 aliphatic carbocycles. The molecule has 0 amide bonds. The van der Waals surface area contributed by atoms with E-state index < -0.39 is 65.2 Å². The molecule has 1 fully saturated rings. The number of hydrogen-bond donors (Lipinski definition) is 0. The first-order valence-corrected chi connectivity index (χ1v) is 11.6. The number of hydrogen-bond acceptors (Lipinski definition) is 4. The third kappa shape index (κ3) is 6.68. The minimum atomic E-state index is -5.02. The molecule has 11 heteroatoms. The van der Waals surface area contributed by atoms with Crippen molar-refractivity contribution in [3.05, 3.63) is 70.5 Å². The zero-order valence-corrected chi connectivity index (χ0v) is 19.9. The first-order valence-electron chi connectivity index (χ1n) is 11.6. The maximum absolute atomic E-state index is 13.6. The van der Waals surface area contributed by atoms with Crippen LogP contribution in [0.15, 0.2) is 42.5 Å². The Morgan fingerprint density at radius 1 is 1.00 bits per heavy atom. The van der Waals surface area contributed by atoms with E-state index >= 15 is 0 Å². The number of carbonyl (C=O) groups excluding carboxylic acids is 2. The Kier molecular flexibility index (Phi) is 8.66. The Hall–Kier alpha value is -2.95. The van der Waals surface area contributed by atoms with Crippen LogP contribution in [0.3, 0.4) is 0 Å². The van der Waals surface area contributed by atoms with Crippen molar-refractivity contribution in [2.75, 3.05) is 6.61 Å². The number of aldehydes is 1. The highest BCUT2D eigenvalue weighted by atomic mass is 19.4. The van der Waals surface area contributed by atoms with Crippen LogP contribution in [0.4, 0.5) is 30.7 Å². The molecule has 0 saturated heterocycles. The van der Waals surface area contributed by atoms with Gasteiger partial charge in [-0.3, -0.25) is 4.79 Å². The van der Waals surface area contributed by atoms with Crippen molar-refractivity contribution in [1.29, 1.82) is 0 Å². The van der Waals surface area contributed by atoms with Gasteiger partial charge in [-0.15, -0.1) is 0 Å². The van der Waals surface area contributed by atoms with E-state index in [1.54, 1.807) is 6.92 Å². The number of ether oxygens (including phenoxy) is 2. The summed E-state index contributed by atoms with van der Waals surface area (Å²) in [6, 6.07) is 6.29. The molecule has 1 aliphatic rings. The summed E-state index contributed by atoms with van der Waals surface area (Å²) in [6.45, 7) is 2.90. The first kappa shape index (κ1) is 28.6. The van der Waals surface area contributed by atoms with Gasteiger partial charge in [0.05, 0.1) is 35.9 Å². The van der Waals surface area contributed by atoms with Gasteiger partial charge in [0.1, 0.15) is 12.1 Å². The average molecular weight is 534 g/mol. The number of benzene rings is 2. The molecule has 4 nitrogen and oxygen atoms in total. The Bertz CT molecular complexity index is 1060. The number of rotatable bonds is 7. The Morgan fingerprint density at radius 3 is 2.05 bits per heavy atom. The van der Waals surface area contributed by atoms with Crippen LogP contribution >= 0.6 is 0 Å². The third-order valence-corrected chi connectivity index (χ3v) is 6.48.